The SMILES string of the molecule is CCCCCCC/C=C\C/C=C\C/C=C\CCCCCCCCCCCCC(=O)OC(COCCCCCCCCCCCCCCCC/C=C\C/C=C\CCCCCCC)COP(=O)([O-])OCC[N+](C)(C)C. The molecule has 0 rings (SSSR count). The highest BCUT2D eigenvalue weighted by Crippen LogP contribution is 2.38. The van der Waals surface area contributed by atoms with Crippen molar-refractivity contribution in [1.82, 2.24) is 0 Å². The Balaban J connectivity index is 4.04. The number of phosphoric acid groups is 1. The van der Waals surface area contributed by atoms with Crippen molar-refractivity contribution < 1.29 is 37.3 Å². The highest BCUT2D eigenvalue weighted by molar-refractivity contribution is 7.45. The lowest BCUT2D eigenvalue weighted by Gasteiger charge is -2.28. The molecular weight excluding hydrogens is 926 g/mol. The Bertz CT molecular complexity index is 1350. The van der Waals surface area contributed by atoms with Crippen molar-refractivity contribution in [3.8, 4) is 0 Å². The number of hydrogen-bond acceptors (Lipinski definition) is 7. The van der Waals surface area contributed by atoms with Crippen LogP contribution < -0.4 is 4.89 Å². The molecule has 0 heterocycles. The predicted octanol–water partition coefficient (Wildman–Crippen LogP) is 19.3. The van der Waals surface area contributed by atoms with Gasteiger partial charge in [0.2, 0.25) is 0 Å². The van der Waals surface area contributed by atoms with Gasteiger partial charge in [-0.2, -0.15) is 0 Å². The second-order valence-corrected chi connectivity index (χ2v) is 23.5. The lowest BCUT2D eigenvalue weighted by atomic mass is 10.0. The fourth-order valence-corrected chi connectivity index (χ4v) is 9.49. The number of quaternary nitrogens is 1. The van der Waals surface area contributed by atoms with Crippen LogP contribution in [-0.2, 0) is 27.9 Å². The van der Waals surface area contributed by atoms with Gasteiger partial charge < -0.3 is 27.9 Å². The molecular formula is C64H120NO7P. The molecule has 0 saturated carbocycles. The molecule has 0 aliphatic heterocycles. The number of hydrogen-bond donors (Lipinski definition) is 0. The van der Waals surface area contributed by atoms with Gasteiger partial charge in [0.05, 0.1) is 34.4 Å². The molecule has 0 aromatic rings. The summed E-state index contributed by atoms with van der Waals surface area (Å²) >= 11 is 0. The first-order valence-corrected chi connectivity index (χ1v) is 32.5. The zero-order chi connectivity index (χ0) is 53.3. The van der Waals surface area contributed by atoms with Crippen molar-refractivity contribution >= 4 is 13.8 Å². The third-order valence-corrected chi connectivity index (χ3v) is 14.5. The van der Waals surface area contributed by atoms with E-state index in [1.165, 1.54) is 212 Å². The molecule has 2 unspecified atom stereocenters. The molecule has 0 N–H and O–H groups in total. The molecule has 9 heteroatoms. The molecule has 0 fully saturated rings. The van der Waals surface area contributed by atoms with Gasteiger partial charge in [0.1, 0.15) is 19.3 Å². The summed E-state index contributed by atoms with van der Waals surface area (Å²) in [5.74, 6) is -0.335. The van der Waals surface area contributed by atoms with E-state index in [9.17, 15) is 14.3 Å². The molecule has 428 valence electrons. The highest BCUT2D eigenvalue weighted by atomic mass is 31.2. The Kier molecular flexibility index (Phi) is 55.0. The average molecular weight is 1050 g/mol. The number of esters is 1. The summed E-state index contributed by atoms with van der Waals surface area (Å²) < 4.78 is 34.9. The fraction of sp³-hybridized carbons (Fsp3) is 0.828. The maximum atomic E-state index is 12.8. The average Bonchev–Trinajstić information content (AvgIpc) is 3.35. The first-order valence-electron chi connectivity index (χ1n) is 31.0. The summed E-state index contributed by atoms with van der Waals surface area (Å²) in [5.41, 5.74) is 0. The van der Waals surface area contributed by atoms with Gasteiger partial charge in [-0.15, -0.1) is 0 Å². The van der Waals surface area contributed by atoms with Crippen LogP contribution in [0.4, 0.5) is 0 Å². The van der Waals surface area contributed by atoms with E-state index in [-0.39, 0.29) is 25.8 Å². The number of phosphoric ester groups is 1. The minimum atomic E-state index is -4.54. The molecule has 0 aromatic heterocycles. The Hall–Kier alpha value is -1.80. The number of nitrogens with zero attached hydrogens (tertiary/aromatic N) is 1. The van der Waals surface area contributed by atoms with E-state index >= 15 is 0 Å². The topological polar surface area (TPSA) is 94.1 Å². The van der Waals surface area contributed by atoms with Crippen molar-refractivity contribution in [3.63, 3.8) is 0 Å². The number of carbonyl (C=O) groups is 1. The smallest absolute Gasteiger partial charge is 0.306 e. The van der Waals surface area contributed by atoms with E-state index in [4.69, 9.17) is 18.5 Å². The molecule has 0 radical (unpaired) electrons. The molecule has 0 saturated heterocycles. The minimum Gasteiger partial charge on any atom is -0.756 e. The molecule has 0 aliphatic carbocycles. The Morgan fingerprint density at radius 2 is 0.753 bits per heavy atom. The van der Waals surface area contributed by atoms with Gasteiger partial charge in [0.25, 0.3) is 7.82 Å². The van der Waals surface area contributed by atoms with Crippen LogP contribution in [0.1, 0.15) is 284 Å². The van der Waals surface area contributed by atoms with Crippen molar-refractivity contribution in [2.24, 2.45) is 0 Å². The van der Waals surface area contributed by atoms with E-state index in [0.717, 1.165) is 51.4 Å². The fourth-order valence-electron chi connectivity index (χ4n) is 8.76. The van der Waals surface area contributed by atoms with Crippen molar-refractivity contribution in [3.05, 3.63) is 60.8 Å². The standard InChI is InChI=1S/C64H120NO7P/c1-6-8-10-12-14-16-18-20-22-24-26-28-30-32-34-36-38-40-42-44-46-48-50-52-54-56-59-69-61-63(62-71-73(67,68)70-60-58-65(3,4)5)72-64(66)57-55-53-51-49-47-45-43-41-39-37-35-33-31-29-27-25-23-21-19-17-15-13-11-9-7-2/h18-21,24-27,31,33,63H,6-17,22-23,28-30,32,34-62H2,1-5H3/b20-18-,21-19-,26-24-,27-25-,33-31-. The Morgan fingerprint density at radius 1 is 0.425 bits per heavy atom. The largest absolute Gasteiger partial charge is 0.756 e. The summed E-state index contributed by atoms with van der Waals surface area (Å²) in [6, 6.07) is 0. The van der Waals surface area contributed by atoms with E-state index in [1.54, 1.807) is 0 Å². The van der Waals surface area contributed by atoms with Crippen LogP contribution in [0.3, 0.4) is 0 Å². The summed E-state index contributed by atoms with van der Waals surface area (Å²) in [7, 11) is 1.36. The number of rotatable bonds is 58. The number of allylic oxidation sites excluding steroid dienone is 10. The van der Waals surface area contributed by atoms with E-state index in [0.29, 0.717) is 24.1 Å². The molecule has 0 bridgehead atoms. The third kappa shape index (κ3) is 60.9. The first-order chi connectivity index (χ1) is 35.6. The maximum Gasteiger partial charge on any atom is 0.306 e. The summed E-state index contributed by atoms with van der Waals surface area (Å²) in [6.07, 6.45) is 74.1. The van der Waals surface area contributed by atoms with Gasteiger partial charge in [0.15, 0.2) is 0 Å². The number of ether oxygens (including phenoxy) is 2. The highest BCUT2D eigenvalue weighted by Gasteiger charge is 2.20. The number of likely N-dealkylation sites (N-methyl/N-ethyl adjacent to an activating group) is 1. The van der Waals surface area contributed by atoms with Gasteiger partial charge >= 0.3 is 5.97 Å². The van der Waals surface area contributed by atoms with Crippen LogP contribution in [0.2, 0.25) is 0 Å². The zero-order valence-corrected chi connectivity index (χ0v) is 49.7. The summed E-state index contributed by atoms with van der Waals surface area (Å²) in [6.45, 7) is 5.42. The first kappa shape index (κ1) is 71.2. The van der Waals surface area contributed by atoms with Gasteiger partial charge in [0, 0.05) is 13.0 Å². The van der Waals surface area contributed by atoms with Crippen LogP contribution >= 0.6 is 7.82 Å². The van der Waals surface area contributed by atoms with Crippen LogP contribution in [0.15, 0.2) is 60.8 Å². The van der Waals surface area contributed by atoms with Crippen molar-refractivity contribution in [1.29, 1.82) is 0 Å². The molecule has 0 aromatic carbocycles. The van der Waals surface area contributed by atoms with E-state index in [1.807, 2.05) is 21.1 Å². The number of unbranched alkanes of at least 4 members (excludes halogenated alkanes) is 34. The van der Waals surface area contributed by atoms with Gasteiger partial charge in [-0.05, 0) is 83.5 Å². The second kappa shape index (κ2) is 56.4. The molecule has 0 amide bonds. The molecule has 73 heavy (non-hydrogen) atoms. The van der Waals surface area contributed by atoms with Crippen molar-refractivity contribution in [2.75, 3.05) is 54.1 Å². The summed E-state index contributed by atoms with van der Waals surface area (Å²) in [4.78, 5) is 25.3. The van der Waals surface area contributed by atoms with Crippen LogP contribution in [-0.4, -0.2) is 70.7 Å². The monoisotopic (exact) mass is 1050 g/mol. The van der Waals surface area contributed by atoms with Gasteiger partial charge in [-0.1, -0.05) is 254 Å². The Labute approximate surface area is 453 Å². The van der Waals surface area contributed by atoms with Gasteiger partial charge in [-0.25, -0.2) is 0 Å². The lowest BCUT2D eigenvalue weighted by molar-refractivity contribution is -0.870. The van der Waals surface area contributed by atoms with E-state index in [2.05, 4.69) is 74.6 Å². The molecule has 0 spiro atoms. The van der Waals surface area contributed by atoms with Gasteiger partial charge in [-0.3, -0.25) is 9.36 Å². The minimum absolute atomic E-state index is 0.0242. The summed E-state index contributed by atoms with van der Waals surface area (Å²) in [5, 5.41) is 0. The number of carbonyl (C=O) groups excluding carboxylic acids is 1. The quantitative estimate of drug-likeness (QED) is 0.0197. The van der Waals surface area contributed by atoms with E-state index < -0.39 is 13.9 Å². The molecule has 8 nitrogen and oxygen atoms in total. The maximum absolute atomic E-state index is 12.8. The predicted molar refractivity (Wildman–Crippen MR) is 314 cm³/mol. The Morgan fingerprint density at radius 3 is 1.12 bits per heavy atom. The third-order valence-electron chi connectivity index (χ3n) is 13.5. The normalized spacial score (nSPS) is 13.8. The van der Waals surface area contributed by atoms with Crippen molar-refractivity contribution in [2.45, 2.75) is 290 Å². The second-order valence-electron chi connectivity index (χ2n) is 22.1. The van der Waals surface area contributed by atoms with Crippen LogP contribution in [0, 0.1) is 0 Å². The van der Waals surface area contributed by atoms with Crippen LogP contribution in [0.25, 0.3) is 0 Å². The molecule has 0 aliphatic rings. The van der Waals surface area contributed by atoms with Crippen LogP contribution in [0.5, 0.6) is 0 Å². The molecule has 2 atom stereocenters. The zero-order valence-electron chi connectivity index (χ0n) is 48.8. The lowest BCUT2D eigenvalue weighted by Crippen LogP contribution is -2.37.